The van der Waals surface area contributed by atoms with E-state index >= 15 is 0 Å². The summed E-state index contributed by atoms with van der Waals surface area (Å²) in [6.45, 7) is 7.78. The second-order valence-corrected chi connectivity index (χ2v) is 4.30. The van der Waals surface area contributed by atoms with Crippen LogP contribution in [-0.2, 0) is 0 Å². The third-order valence-electron chi connectivity index (χ3n) is 2.87. The molecular formula is C10H22N2. The number of hydrogen-bond acceptors (Lipinski definition) is 2. The molecule has 12 heavy (non-hydrogen) atoms. The van der Waals surface area contributed by atoms with Crippen molar-refractivity contribution in [3.8, 4) is 0 Å². The Bertz CT molecular complexity index is 124. The molecule has 0 aromatic heterocycles. The Morgan fingerprint density at radius 3 is 2.25 bits per heavy atom. The quantitative estimate of drug-likeness (QED) is 0.682. The van der Waals surface area contributed by atoms with E-state index in [1.54, 1.807) is 0 Å². The lowest BCUT2D eigenvalue weighted by Crippen LogP contribution is -2.48. The van der Waals surface area contributed by atoms with Gasteiger partial charge in [-0.05, 0) is 33.6 Å². The van der Waals surface area contributed by atoms with E-state index in [9.17, 15) is 0 Å². The number of rotatable bonds is 2. The molecule has 1 aliphatic heterocycles. The highest BCUT2D eigenvalue weighted by Gasteiger charge is 2.24. The Labute approximate surface area is 76.1 Å². The van der Waals surface area contributed by atoms with Crippen LogP contribution < -0.4 is 5.73 Å². The van der Waals surface area contributed by atoms with Crippen LogP contribution in [-0.4, -0.2) is 29.6 Å². The maximum atomic E-state index is 5.81. The molecule has 0 aliphatic carbocycles. The highest BCUT2D eigenvalue weighted by Crippen LogP contribution is 2.21. The van der Waals surface area contributed by atoms with Crippen molar-refractivity contribution in [1.82, 2.24) is 4.90 Å². The van der Waals surface area contributed by atoms with E-state index in [1.165, 1.54) is 19.3 Å². The molecule has 0 unspecified atom stereocenters. The Hall–Kier alpha value is -0.0800. The summed E-state index contributed by atoms with van der Waals surface area (Å²) in [5.74, 6) is 0. The lowest BCUT2D eigenvalue weighted by Gasteiger charge is -2.39. The second-order valence-electron chi connectivity index (χ2n) is 4.30. The van der Waals surface area contributed by atoms with Crippen LogP contribution in [0, 0.1) is 0 Å². The molecule has 2 heteroatoms. The summed E-state index contributed by atoms with van der Waals surface area (Å²) in [4.78, 5) is 2.55. The Kier molecular flexibility index (Phi) is 3.53. The predicted octanol–water partition coefficient (Wildman–Crippen LogP) is 1.60. The van der Waals surface area contributed by atoms with Gasteiger partial charge in [-0.1, -0.05) is 6.42 Å². The fraction of sp³-hybridized carbons (Fsp3) is 1.00. The molecular weight excluding hydrogens is 148 g/mol. The summed E-state index contributed by atoms with van der Waals surface area (Å²) in [6, 6.07) is 1.78. The smallest absolute Gasteiger partial charge is 0.0139 e. The molecule has 0 saturated carbocycles. The SMILES string of the molecule is C[C@@H]1CCC[C@H](C)N1C[C@@H](C)N. The van der Waals surface area contributed by atoms with Gasteiger partial charge in [0, 0.05) is 24.7 Å². The summed E-state index contributed by atoms with van der Waals surface area (Å²) in [5.41, 5.74) is 5.81. The summed E-state index contributed by atoms with van der Waals surface area (Å²) < 4.78 is 0. The van der Waals surface area contributed by atoms with Gasteiger partial charge >= 0.3 is 0 Å². The topological polar surface area (TPSA) is 29.3 Å². The molecule has 2 N–H and O–H groups in total. The van der Waals surface area contributed by atoms with Crippen molar-refractivity contribution in [2.75, 3.05) is 6.54 Å². The fourth-order valence-corrected chi connectivity index (χ4v) is 2.17. The van der Waals surface area contributed by atoms with Crippen molar-refractivity contribution in [2.45, 2.75) is 58.2 Å². The zero-order chi connectivity index (χ0) is 9.14. The van der Waals surface area contributed by atoms with Gasteiger partial charge in [0.15, 0.2) is 0 Å². The number of piperidine rings is 1. The van der Waals surface area contributed by atoms with Crippen LogP contribution in [0.15, 0.2) is 0 Å². The van der Waals surface area contributed by atoms with Crippen LogP contribution in [0.5, 0.6) is 0 Å². The lowest BCUT2D eigenvalue weighted by molar-refractivity contribution is 0.0981. The minimum atomic E-state index is 0.313. The molecule has 0 aromatic carbocycles. The van der Waals surface area contributed by atoms with Gasteiger partial charge in [-0.25, -0.2) is 0 Å². The van der Waals surface area contributed by atoms with Crippen molar-refractivity contribution < 1.29 is 0 Å². The van der Waals surface area contributed by atoms with Gasteiger partial charge in [0.05, 0.1) is 0 Å². The standard InChI is InChI=1S/C10H22N2/c1-8(11)7-12-9(2)5-4-6-10(12)3/h8-10H,4-7,11H2,1-3H3/t8-,9-,10+/m1/s1. The predicted molar refractivity (Wildman–Crippen MR) is 53.1 cm³/mol. The normalized spacial score (nSPS) is 35.0. The van der Waals surface area contributed by atoms with E-state index in [0.29, 0.717) is 6.04 Å². The summed E-state index contributed by atoms with van der Waals surface area (Å²) >= 11 is 0. The van der Waals surface area contributed by atoms with Crippen LogP contribution in [0.3, 0.4) is 0 Å². The lowest BCUT2D eigenvalue weighted by atomic mass is 9.97. The third kappa shape index (κ3) is 2.46. The highest BCUT2D eigenvalue weighted by molar-refractivity contribution is 4.81. The molecule has 0 aromatic rings. The summed E-state index contributed by atoms with van der Waals surface area (Å²) in [7, 11) is 0. The maximum absolute atomic E-state index is 5.81. The van der Waals surface area contributed by atoms with E-state index in [2.05, 4.69) is 25.7 Å². The van der Waals surface area contributed by atoms with E-state index in [4.69, 9.17) is 5.73 Å². The molecule has 1 fully saturated rings. The molecule has 1 heterocycles. The molecule has 0 radical (unpaired) electrons. The average molecular weight is 170 g/mol. The number of likely N-dealkylation sites (tertiary alicyclic amines) is 1. The van der Waals surface area contributed by atoms with Gasteiger partial charge in [-0.15, -0.1) is 0 Å². The average Bonchev–Trinajstić information content (AvgIpc) is 1.97. The first kappa shape index (κ1) is 10.0. The van der Waals surface area contributed by atoms with Gasteiger partial charge in [0.1, 0.15) is 0 Å². The van der Waals surface area contributed by atoms with Crippen molar-refractivity contribution >= 4 is 0 Å². The van der Waals surface area contributed by atoms with Gasteiger partial charge < -0.3 is 5.73 Å². The van der Waals surface area contributed by atoms with E-state index in [-0.39, 0.29) is 0 Å². The monoisotopic (exact) mass is 170 g/mol. The van der Waals surface area contributed by atoms with Gasteiger partial charge in [-0.3, -0.25) is 4.90 Å². The zero-order valence-corrected chi connectivity index (χ0v) is 8.59. The zero-order valence-electron chi connectivity index (χ0n) is 8.59. The fourth-order valence-electron chi connectivity index (χ4n) is 2.17. The highest BCUT2D eigenvalue weighted by atomic mass is 15.2. The van der Waals surface area contributed by atoms with Crippen LogP contribution in [0.2, 0.25) is 0 Å². The maximum Gasteiger partial charge on any atom is 0.0139 e. The van der Waals surface area contributed by atoms with Crippen LogP contribution in [0.4, 0.5) is 0 Å². The third-order valence-corrected chi connectivity index (χ3v) is 2.87. The number of nitrogens with two attached hydrogens (primary N) is 1. The van der Waals surface area contributed by atoms with Crippen molar-refractivity contribution in [2.24, 2.45) is 5.73 Å². The van der Waals surface area contributed by atoms with Crippen molar-refractivity contribution in [3.05, 3.63) is 0 Å². The Morgan fingerprint density at radius 1 is 1.33 bits per heavy atom. The molecule has 1 aliphatic rings. The van der Waals surface area contributed by atoms with E-state index in [0.717, 1.165) is 18.6 Å². The molecule has 0 spiro atoms. The van der Waals surface area contributed by atoms with Crippen LogP contribution in [0.25, 0.3) is 0 Å². The molecule has 2 nitrogen and oxygen atoms in total. The van der Waals surface area contributed by atoms with Crippen molar-refractivity contribution in [1.29, 1.82) is 0 Å². The molecule has 72 valence electrons. The Balaban J connectivity index is 2.45. The first-order valence-electron chi connectivity index (χ1n) is 5.12. The van der Waals surface area contributed by atoms with E-state index in [1.807, 2.05) is 0 Å². The van der Waals surface area contributed by atoms with Crippen LogP contribution >= 0.6 is 0 Å². The Morgan fingerprint density at radius 2 is 1.83 bits per heavy atom. The summed E-state index contributed by atoms with van der Waals surface area (Å²) in [6.07, 6.45) is 4.08. The van der Waals surface area contributed by atoms with Gasteiger partial charge in [0.2, 0.25) is 0 Å². The largest absolute Gasteiger partial charge is 0.327 e. The molecule has 1 saturated heterocycles. The first-order chi connectivity index (χ1) is 5.61. The first-order valence-corrected chi connectivity index (χ1v) is 5.12. The molecule has 1 rings (SSSR count). The van der Waals surface area contributed by atoms with Gasteiger partial charge in [-0.2, -0.15) is 0 Å². The molecule has 0 bridgehead atoms. The number of hydrogen-bond donors (Lipinski definition) is 1. The minimum Gasteiger partial charge on any atom is -0.327 e. The minimum absolute atomic E-state index is 0.313. The summed E-state index contributed by atoms with van der Waals surface area (Å²) in [5, 5.41) is 0. The number of nitrogens with zero attached hydrogens (tertiary/aromatic N) is 1. The van der Waals surface area contributed by atoms with Crippen molar-refractivity contribution in [3.63, 3.8) is 0 Å². The van der Waals surface area contributed by atoms with Crippen LogP contribution in [0.1, 0.15) is 40.0 Å². The van der Waals surface area contributed by atoms with E-state index < -0.39 is 0 Å². The molecule has 3 atom stereocenters. The van der Waals surface area contributed by atoms with Gasteiger partial charge in [0.25, 0.3) is 0 Å². The molecule has 0 amide bonds. The second kappa shape index (κ2) is 4.24.